The topological polar surface area (TPSA) is 21.3 Å². The molecule has 0 spiro atoms. The van der Waals surface area contributed by atoms with Crippen molar-refractivity contribution in [2.75, 3.05) is 7.05 Å². The van der Waals surface area contributed by atoms with Gasteiger partial charge in [-0.2, -0.15) is 0 Å². The van der Waals surface area contributed by atoms with Gasteiger partial charge in [0.2, 0.25) is 0 Å². The fourth-order valence-electron chi connectivity index (χ4n) is 4.44. The Kier molecular flexibility index (Phi) is 4.02. The lowest BCUT2D eigenvalue weighted by atomic mass is 9.72. The van der Waals surface area contributed by atoms with E-state index >= 15 is 0 Å². The molecule has 1 aliphatic heterocycles. The van der Waals surface area contributed by atoms with Crippen molar-refractivity contribution in [2.24, 2.45) is 17.8 Å². The molecule has 1 saturated carbocycles. The first-order valence-corrected chi connectivity index (χ1v) is 8.09. The van der Waals surface area contributed by atoms with E-state index in [9.17, 15) is 0 Å². The maximum atomic E-state index is 6.22. The minimum atomic E-state index is 0.305. The van der Waals surface area contributed by atoms with Gasteiger partial charge in [-0.1, -0.05) is 32.0 Å². The van der Waals surface area contributed by atoms with E-state index in [-0.39, 0.29) is 0 Å². The van der Waals surface area contributed by atoms with Gasteiger partial charge in [0.1, 0.15) is 11.9 Å². The lowest BCUT2D eigenvalue weighted by Crippen LogP contribution is -2.48. The maximum Gasteiger partial charge on any atom is 0.123 e. The van der Waals surface area contributed by atoms with Crippen molar-refractivity contribution in [3.05, 3.63) is 29.8 Å². The molecule has 3 rings (SSSR count). The number of likely N-dealkylation sites (N-methyl/N-ethyl adjacent to an activating group) is 1. The Morgan fingerprint density at radius 1 is 1.10 bits per heavy atom. The Balaban J connectivity index is 1.72. The average Bonchev–Trinajstić information content (AvgIpc) is 2.81. The van der Waals surface area contributed by atoms with Gasteiger partial charge < -0.3 is 10.1 Å². The normalized spacial score (nSPS) is 34.4. The quantitative estimate of drug-likeness (QED) is 0.907. The van der Waals surface area contributed by atoms with E-state index in [0.29, 0.717) is 12.1 Å². The van der Waals surface area contributed by atoms with Crippen LogP contribution in [0, 0.1) is 17.8 Å². The summed E-state index contributed by atoms with van der Waals surface area (Å²) in [7, 11) is 2.10. The zero-order chi connectivity index (χ0) is 14.1. The van der Waals surface area contributed by atoms with Crippen molar-refractivity contribution in [3.63, 3.8) is 0 Å². The van der Waals surface area contributed by atoms with Gasteiger partial charge in [0.15, 0.2) is 0 Å². The molecule has 4 unspecified atom stereocenters. The van der Waals surface area contributed by atoms with Gasteiger partial charge in [-0.05, 0) is 55.7 Å². The Labute approximate surface area is 122 Å². The standard InChI is InChI=1S/C18H27NO/c1-12-8-13(2)10-15(9-12)18(19-3)17-11-14-6-4-5-7-16(14)20-17/h4-7,12-13,15,17-19H,8-11H2,1-3H3. The molecular weight excluding hydrogens is 246 g/mol. The summed E-state index contributed by atoms with van der Waals surface area (Å²) in [5.41, 5.74) is 1.37. The monoisotopic (exact) mass is 273 g/mol. The number of hydrogen-bond acceptors (Lipinski definition) is 2. The third-order valence-electron chi connectivity index (χ3n) is 5.13. The highest BCUT2D eigenvalue weighted by atomic mass is 16.5. The average molecular weight is 273 g/mol. The second-order valence-electron chi connectivity index (χ2n) is 6.96. The number of benzene rings is 1. The molecule has 0 amide bonds. The van der Waals surface area contributed by atoms with Crippen LogP contribution in [0.15, 0.2) is 24.3 Å². The lowest BCUT2D eigenvalue weighted by molar-refractivity contribution is 0.0981. The maximum absolute atomic E-state index is 6.22. The van der Waals surface area contributed by atoms with Crippen LogP contribution < -0.4 is 10.1 Å². The molecule has 20 heavy (non-hydrogen) atoms. The lowest BCUT2D eigenvalue weighted by Gasteiger charge is -2.38. The SMILES string of the molecule is CNC(C1CC(C)CC(C)C1)C1Cc2ccccc2O1. The molecule has 0 aromatic heterocycles. The van der Waals surface area contributed by atoms with E-state index in [1.54, 1.807) is 0 Å². The van der Waals surface area contributed by atoms with E-state index in [1.807, 2.05) is 0 Å². The van der Waals surface area contributed by atoms with Crippen LogP contribution in [0.2, 0.25) is 0 Å². The summed E-state index contributed by atoms with van der Waals surface area (Å²) in [4.78, 5) is 0. The largest absolute Gasteiger partial charge is 0.488 e. The molecule has 0 radical (unpaired) electrons. The Morgan fingerprint density at radius 3 is 2.45 bits per heavy atom. The van der Waals surface area contributed by atoms with Gasteiger partial charge in [-0.25, -0.2) is 0 Å². The first kappa shape index (κ1) is 13.9. The Bertz CT molecular complexity index is 423. The summed E-state index contributed by atoms with van der Waals surface area (Å²) < 4.78 is 6.22. The molecule has 1 aromatic carbocycles. The van der Waals surface area contributed by atoms with Crippen LogP contribution in [0.5, 0.6) is 5.75 Å². The molecule has 110 valence electrons. The summed E-state index contributed by atoms with van der Waals surface area (Å²) in [6.07, 6.45) is 5.43. The van der Waals surface area contributed by atoms with Crippen LogP contribution in [0.25, 0.3) is 0 Å². The van der Waals surface area contributed by atoms with Crippen LogP contribution in [0.3, 0.4) is 0 Å². The Morgan fingerprint density at radius 2 is 1.80 bits per heavy atom. The second-order valence-corrected chi connectivity index (χ2v) is 6.96. The third-order valence-corrected chi connectivity index (χ3v) is 5.13. The smallest absolute Gasteiger partial charge is 0.123 e. The van der Waals surface area contributed by atoms with E-state index < -0.39 is 0 Å². The van der Waals surface area contributed by atoms with Gasteiger partial charge in [-0.3, -0.25) is 0 Å². The fourth-order valence-corrected chi connectivity index (χ4v) is 4.44. The van der Waals surface area contributed by atoms with Crippen LogP contribution in [-0.2, 0) is 6.42 Å². The molecule has 2 heteroatoms. The zero-order valence-electron chi connectivity index (χ0n) is 12.9. The van der Waals surface area contributed by atoms with E-state index in [1.165, 1.54) is 24.8 Å². The fraction of sp³-hybridized carbons (Fsp3) is 0.667. The van der Waals surface area contributed by atoms with Gasteiger partial charge >= 0.3 is 0 Å². The minimum absolute atomic E-state index is 0.305. The van der Waals surface area contributed by atoms with Gasteiger partial charge in [-0.15, -0.1) is 0 Å². The molecule has 1 aliphatic carbocycles. The summed E-state index contributed by atoms with van der Waals surface area (Å²) in [5.74, 6) is 3.54. The van der Waals surface area contributed by atoms with Gasteiger partial charge in [0.05, 0.1) is 0 Å². The van der Waals surface area contributed by atoms with E-state index in [4.69, 9.17) is 4.74 Å². The molecule has 4 atom stereocenters. The second kappa shape index (κ2) is 5.77. The number of hydrogen-bond donors (Lipinski definition) is 1. The highest BCUT2D eigenvalue weighted by Crippen LogP contribution is 2.38. The number of rotatable bonds is 3. The third kappa shape index (κ3) is 2.71. The van der Waals surface area contributed by atoms with Crippen molar-refractivity contribution >= 4 is 0 Å². The van der Waals surface area contributed by atoms with Crippen molar-refractivity contribution in [1.82, 2.24) is 5.32 Å². The van der Waals surface area contributed by atoms with Crippen LogP contribution in [-0.4, -0.2) is 19.2 Å². The number of para-hydroxylation sites is 1. The Hall–Kier alpha value is -1.02. The first-order valence-electron chi connectivity index (χ1n) is 8.09. The first-order chi connectivity index (χ1) is 9.67. The summed E-state index contributed by atoms with van der Waals surface area (Å²) >= 11 is 0. The van der Waals surface area contributed by atoms with Crippen molar-refractivity contribution in [2.45, 2.75) is 51.7 Å². The van der Waals surface area contributed by atoms with Gasteiger partial charge in [0, 0.05) is 12.5 Å². The molecule has 1 heterocycles. The predicted octanol–water partition coefficient (Wildman–Crippen LogP) is 3.65. The van der Waals surface area contributed by atoms with Crippen molar-refractivity contribution < 1.29 is 4.74 Å². The summed E-state index contributed by atoms with van der Waals surface area (Å²) in [6.45, 7) is 4.80. The van der Waals surface area contributed by atoms with Crippen LogP contribution >= 0.6 is 0 Å². The molecule has 1 fully saturated rings. The number of ether oxygens (including phenoxy) is 1. The van der Waals surface area contributed by atoms with Crippen molar-refractivity contribution in [1.29, 1.82) is 0 Å². The van der Waals surface area contributed by atoms with Gasteiger partial charge in [0.25, 0.3) is 0 Å². The van der Waals surface area contributed by atoms with E-state index in [0.717, 1.165) is 29.9 Å². The van der Waals surface area contributed by atoms with Crippen LogP contribution in [0.1, 0.15) is 38.7 Å². The molecular formula is C18H27NO. The molecule has 2 nitrogen and oxygen atoms in total. The highest BCUT2D eigenvalue weighted by Gasteiger charge is 2.37. The van der Waals surface area contributed by atoms with Crippen LogP contribution in [0.4, 0.5) is 0 Å². The molecule has 1 aromatic rings. The molecule has 1 N–H and O–H groups in total. The number of nitrogens with one attached hydrogen (secondary N) is 1. The highest BCUT2D eigenvalue weighted by molar-refractivity contribution is 5.37. The molecule has 0 bridgehead atoms. The minimum Gasteiger partial charge on any atom is -0.488 e. The molecule has 2 aliphatic rings. The molecule has 0 saturated heterocycles. The predicted molar refractivity (Wildman–Crippen MR) is 83.1 cm³/mol. The summed E-state index contributed by atoms with van der Waals surface area (Å²) in [5, 5.41) is 3.56. The van der Waals surface area contributed by atoms with Crippen molar-refractivity contribution in [3.8, 4) is 5.75 Å². The van der Waals surface area contributed by atoms with E-state index in [2.05, 4.69) is 50.5 Å². The summed E-state index contributed by atoms with van der Waals surface area (Å²) in [6, 6.07) is 8.97. The zero-order valence-corrected chi connectivity index (χ0v) is 12.9. The number of fused-ring (bicyclic) bond motifs is 1.